The molecule has 8 heteroatoms. The fourth-order valence-electron chi connectivity index (χ4n) is 2.49. The third-order valence-corrected chi connectivity index (χ3v) is 4.59. The number of hydrogen-bond donors (Lipinski definition) is 1. The van der Waals surface area contributed by atoms with E-state index in [-0.39, 0.29) is 17.5 Å². The van der Waals surface area contributed by atoms with E-state index in [1.54, 1.807) is 0 Å². The number of sulfone groups is 1. The van der Waals surface area contributed by atoms with Gasteiger partial charge in [0.1, 0.15) is 4.90 Å². The Labute approximate surface area is 116 Å². The summed E-state index contributed by atoms with van der Waals surface area (Å²) >= 11 is 0. The zero-order valence-corrected chi connectivity index (χ0v) is 11.8. The number of aliphatic hydroxyl groups is 1. The van der Waals surface area contributed by atoms with Gasteiger partial charge in [-0.2, -0.15) is 0 Å². The van der Waals surface area contributed by atoms with Crippen molar-refractivity contribution in [2.45, 2.75) is 23.8 Å². The molecule has 1 fully saturated rings. The van der Waals surface area contributed by atoms with Gasteiger partial charge in [0.15, 0.2) is 9.84 Å². The molecule has 20 heavy (non-hydrogen) atoms. The molecule has 1 aromatic carbocycles. The molecule has 0 saturated carbocycles. The van der Waals surface area contributed by atoms with Gasteiger partial charge in [0.25, 0.3) is 5.69 Å². The van der Waals surface area contributed by atoms with Crippen molar-refractivity contribution in [1.29, 1.82) is 0 Å². The molecule has 0 amide bonds. The number of anilines is 1. The molecule has 0 radical (unpaired) electrons. The first-order valence-corrected chi connectivity index (χ1v) is 8.09. The SMILES string of the molecule is CS(=O)(=O)c1cc(N2CCC[C@@H]2CO)ccc1[N+](=O)[O-]. The maximum atomic E-state index is 11.7. The van der Waals surface area contributed by atoms with Crippen molar-refractivity contribution < 1.29 is 18.4 Å². The van der Waals surface area contributed by atoms with E-state index in [2.05, 4.69) is 0 Å². The Balaban J connectivity index is 2.50. The van der Waals surface area contributed by atoms with Gasteiger partial charge < -0.3 is 10.0 Å². The molecule has 0 aliphatic carbocycles. The number of aliphatic hydroxyl groups excluding tert-OH is 1. The summed E-state index contributed by atoms with van der Waals surface area (Å²) in [6, 6.07) is 3.99. The number of hydrogen-bond acceptors (Lipinski definition) is 6. The van der Waals surface area contributed by atoms with Crippen LogP contribution in [0.4, 0.5) is 11.4 Å². The Bertz CT molecular complexity index is 629. The monoisotopic (exact) mass is 300 g/mol. The fourth-order valence-corrected chi connectivity index (χ4v) is 3.35. The van der Waals surface area contributed by atoms with E-state index >= 15 is 0 Å². The molecule has 7 nitrogen and oxygen atoms in total. The average Bonchev–Trinajstić information content (AvgIpc) is 2.85. The molecule has 1 saturated heterocycles. The van der Waals surface area contributed by atoms with Crippen LogP contribution in [0.25, 0.3) is 0 Å². The van der Waals surface area contributed by atoms with Crippen molar-refractivity contribution in [3.05, 3.63) is 28.3 Å². The number of benzene rings is 1. The van der Waals surface area contributed by atoms with E-state index in [1.165, 1.54) is 18.2 Å². The Morgan fingerprint density at radius 1 is 1.50 bits per heavy atom. The minimum Gasteiger partial charge on any atom is -0.394 e. The van der Waals surface area contributed by atoms with Gasteiger partial charge >= 0.3 is 0 Å². The first kappa shape index (κ1) is 14.7. The van der Waals surface area contributed by atoms with Crippen molar-refractivity contribution in [3.63, 3.8) is 0 Å². The van der Waals surface area contributed by atoms with Crippen molar-refractivity contribution in [1.82, 2.24) is 0 Å². The third-order valence-electron chi connectivity index (χ3n) is 3.46. The van der Waals surface area contributed by atoms with Gasteiger partial charge in [-0.15, -0.1) is 0 Å². The van der Waals surface area contributed by atoms with E-state index < -0.39 is 20.4 Å². The molecule has 1 N–H and O–H groups in total. The molecule has 0 spiro atoms. The lowest BCUT2D eigenvalue weighted by molar-refractivity contribution is -0.387. The Morgan fingerprint density at radius 3 is 2.75 bits per heavy atom. The van der Waals surface area contributed by atoms with Gasteiger partial charge in [0.2, 0.25) is 0 Å². The van der Waals surface area contributed by atoms with E-state index in [9.17, 15) is 23.6 Å². The van der Waals surface area contributed by atoms with Gasteiger partial charge in [-0.3, -0.25) is 10.1 Å². The molecule has 2 rings (SSSR count). The quantitative estimate of drug-likeness (QED) is 0.656. The lowest BCUT2D eigenvalue weighted by Crippen LogP contribution is -2.32. The molecule has 0 bridgehead atoms. The Hall–Kier alpha value is -1.67. The van der Waals surface area contributed by atoms with Gasteiger partial charge in [-0.25, -0.2) is 8.42 Å². The number of nitro benzene ring substituents is 1. The second kappa shape index (κ2) is 5.37. The normalized spacial score (nSPS) is 19.3. The van der Waals surface area contributed by atoms with Crippen LogP contribution in [0.2, 0.25) is 0 Å². The lowest BCUT2D eigenvalue weighted by atomic mass is 10.2. The summed E-state index contributed by atoms with van der Waals surface area (Å²) < 4.78 is 23.4. The molecule has 1 aromatic rings. The van der Waals surface area contributed by atoms with Gasteiger partial charge in [0.05, 0.1) is 17.6 Å². The maximum Gasteiger partial charge on any atom is 0.288 e. The van der Waals surface area contributed by atoms with Crippen LogP contribution >= 0.6 is 0 Å². The van der Waals surface area contributed by atoms with Gasteiger partial charge in [0, 0.05) is 24.6 Å². The molecular formula is C12H16N2O5S. The molecule has 0 aromatic heterocycles. The summed E-state index contributed by atoms with van der Waals surface area (Å²) in [4.78, 5) is 11.8. The van der Waals surface area contributed by atoms with Crippen LogP contribution in [-0.2, 0) is 9.84 Å². The van der Waals surface area contributed by atoms with E-state index in [0.717, 1.165) is 19.1 Å². The fraction of sp³-hybridized carbons (Fsp3) is 0.500. The number of nitro groups is 1. The standard InChI is InChI=1S/C12H16N2O5S/c1-20(18,19)12-7-9(4-5-11(12)14(16)17)13-6-2-3-10(13)8-15/h4-5,7,10,15H,2-3,6,8H2,1H3/t10-/m1/s1. The van der Waals surface area contributed by atoms with E-state index in [4.69, 9.17) is 0 Å². The molecule has 1 heterocycles. The Kier molecular flexibility index (Phi) is 3.96. The smallest absolute Gasteiger partial charge is 0.288 e. The minimum absolute atomic E-state index is 0.0226. The molecule has 1 aliphatic rings. The van der Waals surface area contributed by atoms with E-state index in [1.807, 2.05) is 4.90 Å². The van der Waals surface area contributed by atoms with E-state index in [0.29, 0.717) is 12.2 Å². The maximum absolute atomic E-state index is 11.7. The summed E-state index contributed by atoms with van der Waals surface area (Å²) in [6.45, 7) is 0.678. The molecule has 1 aliphatic heterocycles. The van der Waals surface area contributed by atoms with Crippen LogP contribution in [0.1, 0.15) is 12.8 Å². The van der Waals surface area contributed by atoms with Crippen LogP contribution in [0.15, 0.2) is 23.1 Å². The molecular weight excluding hydrogens is 284 g/mol. The first-order valence-electron chi connectivity index (χ1n) is 6.20. The van der Waals surface area contributed by atoms with Crippen molar-refractivity contribution in [2.24, 2.45) is 0 Å². The topological polar surface area (TPSA) is 101 Å². The zero-order valence-electron chi connectivity index (χ0n) is 11.0. The predicted octanol–water partition coefficient (Wildman–Crippen LogP) is 0.959. The van der Waals surface area contributed by atoms with Crippen LogP contribution in [-0.4, -0.2) is 43.9 Å². The first-order chi connectivity index (χ1) is 9.34. The summed E-state index contributed by atoms with van der Waals surface area (Å²) in [7, 11) is -3.69. The third kappa shape index (κ3) is 2.75. The second-order valence-electron chi connectivity index (χ2n) is 4.85. The highest BCUT2D eigenvalue weighted by atomic mass is 32.2. The molecule has 110 valence electrons. The Morgan fingerprint density at radius 2 is 2.20 bits per heavy atom. The summed E-state index contributed by atoms with van der Waals surface area (Å²) in [5.41, 5.74) is 0.170. The van der Waals surface area contributed by atoms with Gasteiger partial charge in [-0.05, 0) is 25.0 Å². The largest absolute Gasteiger partial charge is 0.394 e. The van der Waals surface area contributed by atoms with Crippen LogP contribution < -0.4 is 4.90 Å². The number of rotatable bonds is 4. The highest BCUT2D eigenvalue weighted by molar-refractivity contribution is 7.90. The van der Waals surface area contributed by atoms with Gasteiger partial charge in [-0.1, -0.05) is 0 Å². The van der Waals surface area contributed by atoms with Crippen LogP contribution in [0.3, 0.4) is 0 Å². The molecule has 1 atom stereocenters. The highest BCUT2D eigenvalue weighted by Crippen LogP contribution is 2.32. The summed E-state index contributed by atoms with van der Waals surface area (Å²) in [5, 5.41) is 20.2. The lowest BCUT2D eigenvalue weighted by Gasteiger charge is -2.25. The second-order valence-corrected chi connectivity index (χ2v) is 6.84. The highest BCUT2D eigenvalue weighted by Gasteiger charge is 2.28. The predicted molar refractivity (Wildman–Crippen MR) is 73.7 cm³/mol. The number of nitrogens with zero attached hydrogens (tertiary/aromatic N) is 2. The summed E-state index contributed by atoms with van der Waals surface area (Å²) in [6.07, 6.45) is 2.67. The van der Waals surface area contributed by atoms with Crippen LogP contribution in [0.5, 0.6) is 0 Å². The van der Waals surface area contributed by atoms with Crippen molar-refractivity contribution in [2.75, 3.05) is 24.3 Å². The minimum atomic E-state index is -3.69. The van der Waals surface area contributed by atoms with Crippen molar-refractivity contribution in [3.8, 4) is 0 Å². The van der Waals surface area contributed by atoms with Crippen LogP contribution in [0, 0.1) is 10.1 Å². The molecule has 0 unspecified atom stereocenters. The van der Waals surface area contributed by atoms with Crippen molar-refractivity contribution >= 4 is 21.2 Å². The average molecular weight is 300 g/mol. The summed E-state index contributed by atoms with van der Waals surface area (Å²) in [5.74, 6) is 0. The zero-order chi connectivity index (χ0) is 14.9.